The lowest BCUT2D eigenvalue weighted by Gasteiger charge is -2.23. The molecule has 16 heavy (non-hydrogen) atoms. The Hall–Kier alpha value is -1.01. The van der Waals surface area contributed by atoms with Crippen molar-refractivity contribution >= 4 is 0 Å². The second kappa shape index (κ2) is 4.10. The zero-order valence-electron chi connectivity index (χ0n) is 8.65. The first-order valence-electron chi connectivity index (χ1n) is 5.35. The van der Waals surface area contributed by atoms with Gasteiger partial charge in [0, 0.05) is 18.7 Å². The highest BCUT2D eigenvalue weighted by Crippen LogP contribution is 2.32. The predicted molar refractivity (Wildman–Crippen MR) is 54.9 cm³/mol. The van der Waals surface area contributed by atoms with E-state index in [1.807, 2.05) is 0 Å². The predicted octanol–water partition coefficient (Wildman–Crippen LogP) is 0.716. The quantitative estimate of drug-likeness (QED) is 0.737. The maximum Gasteiger partial charge on any atom is 0.187 e. The van der Waals surface area contributed by atoms with Crippen LogP contribution in [0.5, 0.6) is 0 Å². The molecule has 0 aliphatic carbocycles. The molecule has 0 aromatic heterocycles. The lowest BCUT2D eigenvalue weighted by atomic mass is 10.2. The summed E-state index contributed by atoms with van der Waals surface area (Å²) in [5.41, 5.74) is 6.46. The average Bonchev–Trinajstić information content (AvgIpc) is 2.73. The van der Waals surface area contributed by atoms with Gasteiger partial charge in [0.2, 0.25) is 0 Å². The van der Waals surface area contributed by atoms with Crippen LogP contribution in [0.3, 0.4) is 0 Å². The highest BCUT2D eigenvalue weighted by Gasteiger charge is 2.39. The van der Waals surface area contributed by atoms with Crippen LogP contribution in [-0.4, -0.2) is 25.3 Å². The molecule has 3 rings (SSSR count). The average molecular weight is 224 g/mol. The van der Waals surface area contributed by atoms with Gasteiger partial charge >= 0.3 is 0 Å². The zero-order valence-corrected chi connectivity index (χ0v) is 8.65. The van der Waals surface area contributed by atoms with E-state index in [9.17, 15) is 4.39 Å². The molecule has 0 radical (unpaired) electrons. The third kappa shape index (κ3) is 1.72. The molecule has 0 saturated carbocycles. The molecule has 2 unspecified atom stereocenters. The number of ether oxygens (including phenoxy) is 2. The molecule has 4 nitrogen and oxygen atoms in total. The Bertz CT molecular complexity index is 374. The second-order valence-electron chi connectivity index (χ2n) is 3.96. The Morgan fingerprint density at radius 1 is 1.06 bits per heavy atom. The highest BCUT2D eigenvalue weighted by molar-refractivity contribution is 5.19. The second-order valence-corrected chi connectivity index (χ2v) is 3.96. The molecule has 0 bridgehead atoms. The molecule has 2 aliphatic rings. The minimum absolute atomic E-state index is 0.00847. The molecule has 86 valence electrons. The largest absolute Gasteiger partial charge is 0.341 e. The number of hydrogen-bond donors (Lipinski definition) is 2. The number of hydrazine groups is 1. The first-order chi connectivity index (χ1) is 7.84. The monoisotopic (exact) mass is 224 g/mol. The number of benzene rings is 1. The Balaban J connectivity index is 1.80. The van der Waals surface area contributed by atoms with Crippen LogP contribution in [0, 0.1) is 5.82 Å². The van der Waals surface area contributed by atoms with Gasteiger partial charge in [-0.15, -0.1) is 0 Å². The smallest absolute Gasteiger partial charge is 0.187 e. The Morgan fingerprint density at radius 3 is 2.31 bits per heavy atom. The van der Waals surface area contributed by atoms with Crippen LogP contribution in [0.15, 0.2) is 24.3 Å². The summed E-state index contributed by atoms with van der Waals surface area (Å²) in [5, 5.41) is 0. The van der Waals surface area contributed by atoms with Crippen molar-refractivity contribution in [2.75, 3.05) is 13.1 Å². The molecule has 2 heterocycles. The van der Waals surface area contributed by atoms with E-state index in [1.54, 1.807) is 18.2 Å². The van der Waals surface area contributed by atoms with E-state index >= 15 is 0 Å². The maximum atomic E-state index is 13.5. The van der Waals surface area contributed by atoms with E-state index < -0.39 is 6.29 Å². The van der Waals surface area contributed by atoms with Crippen molar-refractivity contribution < 1.29 is 13.9 Å². The number of fused-ring (bicyclic) bond motifs is 1. The molecule has 2 aliphatic heterocycles. The molecule has 5 heteroatoms. The van der Waals surface area contributed by atoms with Gasteiger partial charge in [0.1, 0.15) is 18.0 Å². The van der Waals surface area contributed by atoms with Gasteiger partial charge < -0.3 is 9.47 Å². The summed E-state index contributed by atoms with van der Waals surface area (Å²) in [6.07, 6.45) is -0.602. The number of rotatable bonds is 1. The molecule has 2 atom stereocenters. The van der Waals surface area contributed by atoms with E-state index in [2.05, 4.69) is 10.9 Å². The molecular weight excluding hydrogens is 211 g/mol. The van der Waals surface area contributed by atoms with E-state index in [0.717, 1.165) is 0 Å². The fourth-order valence-corrected chi connectivity index (χ4v) is 2.04. The van der Waals surface area contributed by atoms with Gasteiger partial charge in [-0.25, -0.2) is 4.39 Å². The van der Waals surface area contributed by atoms with Crippen molar-refractivity contribution in [3.8, 4) is 0 Å². The summed E-state index contributed by atoms with van der Waals surface area (Å²) >= 11 is 0. The van der Waals surface area contributed by atoms with Gasteiger partial charge in [-0.05, 0) is 6.07 Å². The fraction of sp³-hybridized carbons (Fsp3) is 0.455. The summed E-state index contributed by atoms with van der Waals surface area (Å²) in [6.45, 7) is 1.35. The summed E-state index contributed by atoms with van der Waals surface area (Å²) in [4.78, 5) is 0. The van der Waals surface area contributed by atoms with Gasteiger partial charge in [-0.1, -0.05) is 18.2 Å². The van der Waals surface area contributed by atoms with Crippen molar-refractivity contribution in [3.63, 3.8) is 0 Å². The first-order valence-corrected chi connectivity index (χ1v) is 5.35. The molecule has 2 saturated heterocycles. The van der Waals surface area contributed by atoms with Crippen LogP contribution in [0.25, 0.3) is 0 Å². The van der Waals surface area contributed by atoms with E-state index in [-0.39, 0.29) is 18.0 Å². The van der Waals surface area contributed by atoms with Gasteiger partial charge in [0.25, 0.3) is 0 Å². The molecule has 0 spiro atoms. The van der Waals surface area contributed by atoms with Crippen molar-refractivity contribution in [1.29, 1.82) is 0 Å². The maximum absolute atomic E-state index is 13.5. The van der Waals surface area contributed by atoms with Crippen LogP contribution in [0.1, 0.15) is 11.9 Å². The van der Waals surface area contributed by atoms with Crippen molar-refractivity contribution in [2.24, 2.45) is 0 Å². The third-order valence-electron chi connectivity index (χ3n) is 2.90. The number of nitrogens with one attached hydrogen (secondary N) is 2. The zero-order chi connectivity index (χ0) is 11.0. The van der Waals surface area contributed by atoms with Crippen molar-refractivity contribution in [2.45, 2.75) is 18.5 Å². The van der Waals surface area contributed by atoms with Crippen LogP contribution < -0.4 is 10.9 Å². The van der Waals surface area contributed by atoms with Gasteiger partial charge in [0.05, 0.1) is 0 Å². The Kier molecular flexibility index (Phi) is 2.61. The lowest BCUT2D eigenvalue weighted by molar-refractivity contribution is -0.0679. The van der Waals surface area contributed by atoms with Gasteiger partial charge in [0.15, 0.2) is 6.29 Å². The topological polar surface area (TPSA) is 42.5 Å². The Morgan fingerprint density at radius 2 is 1.69 bits per heavy atom. The summed E-state index contributed by atoms with van der Waals surface area (Å²) in [5.74, 6) is -0.285. The fourth-order valence-electron chi connectivity index (χ4n) is 2.04. The minimum Gasteiger partial charge on any atom is -0.341 e. The minimum atomic E-state index is -0.585. The van der Waals surface area contributed by atoms with E-state index in [4.69, 9.17) is 9.47 Å². The molecule has 2 fully saturated rings. The third-order valence-corrected chi connectivity index (χ3v) is 2.90. The van der Waals surface area contributed by atoms with Crippen LogP contribution >= 0.6 is 0 Å². The van der Waals surface area contributed by atoms with E-state index in [1.165, 1.54) is 6.07 Å². The van der Waals surface area contributed by atoms with Gasteiger partial charge in [-0.2, -0.15) is 0 Å². The molecular formula is C11H13FN2O2. The van der Waals surface area contributed by atoms with Crippen molar-refractivity contribution in [3.05, 3.63) is 35.6 Å². The SMILES string of the molecule is Fc1ccccc1C1OC2CNNCC2O1. The highest BCUT2D eigenvalue weighted by atomic mass is 19.1. The Labute approximate surface area is 92.7 Å². The summed E-state index contributed by atoms with van der Waals surface area (Å²) in [6, 6.07) is 6.55. The normalized spacial score (nSPS) is 33.7. The van der Waals surface area contributed by atoms with E-state index in [0.29, 0.717) is 18.7 Å². The standard InChI is InChI=1S/C11H13FN2O2/c12-8-4-2-1-3-7(8)11-15-9-5-13-14-6-10(9)16-11/h1-4,9-11,13-14H,5-6H2. The van der Waals surface area contributed by atoms with Crippen LogP contribution in [0.2, 0.25) is 0 Å². The molecule has 1 aromatic rings. The molecule has 0 amide bonds. The summed E-state index contributed by atoms with van der Waals surface area (Å²) in [7, 11) is 0. The number of halogens is 1. The summed E-state index contributed by atoms with van der Waals surface area (Å²) < 4.78 is 24.9. The van der Waals surface area contributed by atoms with Gasteiger partial charge in [-0.3, -0.25) is 10.9 Å². The lowest BCUT2D eigenvalue weighted by Crippen LogP contribution is -2.52. The van der Waals surface area contributed by atoms with Crippen molar-refractivity contribution in [1.82, 2.24) is 10.9 Å². The first kappa shape index (κ1) is 10.2. The molecule has 2 N–H and O–H groups in total. The molecule has 1 aromatic carbocycles. The van der Waals surface area contributed by atoms with Crippen LogP contribution in [0.4, 0.5) is 4.39 Å². The number of hydrogen-bond acceptors (Lipinski definition) is 4. The van der Waals surface area contributed by atoms with Crippen LogP contribution in [-0.2, 0) is 9.47 Å².